The Morgan fingerprint density at radius 2 is 1.88 bits per heavy atom. The zero-order valence-electron chi connectivity index (χ0n) is 14.6. The van der Waals surface area contributed by atoms with Crippen LogP contribution in [0.1, 0.15) is 24.0 Å². The molecular weight excluding hydrogens is 318 g/mol. The third-order valence-electron chi connectivity index (χ3n) is 4.36. The van der Waals surface area contributed by atoms with E-state index in [-0.39, 0.29) is 12.0 Å². The number of para-hydroxylation sites is 1. The van der Waals surface area contributed by atoms with Gasteiger partial charge in [-0.2, -0.15) is 0 Å². The molecule has 1 fully saturated rings. The number of amides is 1. The number of likely N-dealkylation sites (tertiary alicyclic amines) is 1. The summed E-state index contributed by atoms with van der Waals surface area (Å²) in [6.07, 6.45) is 5.47. The molecule has 0 atom stereocenters. The highest BCUT2D eigenvalue weighted by Crippen LogP contribution is 2.21. The van der Waals surface area contributed by atoms with Crippen LogP contribution in [0.2, 0.25) is 0 Å². The van der Waals surface area contributed by atoms with Gasteiger partial charge >= 0.3 is 6.01 Å². The maximum absolute atomic E-state index is 12.5. The zero-order valence-corrected chi connectivity index (χ0v) is 14.6. The van der Waals surface area contributed by atoms with E-state index in [0.717, 1.165) is 29.7 Å². The molecule has 132 valence electrons. The van der Waals surface area contributed by atoms with E-state index in [1.807, 2.05) is 36.1 Å². The number of benzene rings is 1. The van der Waals surface area contributed by atoms with E-state index in [2.05, 4.69) is 9.97 Å². The molecule has 1 aromatic carbocycles. The summed E-state index contributed by atoms with van der Waals surface area (Å²) in [4.78, 5) is 22.8. The number of hydrogen-bond donors (Lipinski definition) is 0. The van der Waals surface area contributed by atoms with Crippen molar-refractivity contribution < 1.29 is 14.3 Å². The highest BCUT2D eigenvalue weighted by Gasteiger charge is 2.25. The lowest BCUT2D eigenvalue weighted by Crippen LogP contribution is -2.42. The molecule has 0 aliphatic carbocycles. The van der Waals surface area contributed by atoms with E-state index in [0.29, 0.717) is 25.5 Å². The quantitative estimate of drug-likeness (QED) is 0.836. The number of ether oxygens (including phenoxy) is 2. The number of piperidine rings is 1. The van der Waals surface area contributed by atoms with Crippen LogP contribution in [-0.4, -0.2) is 47.1 Å². The highest BCUT2D eigenvalue weighted by atomic mass is 16.5. The monoisotopic (exact) mass is 341 g/mol. The van der Waals surface area contributed by atoms with Gasteiger partial charge in [-0.25, -0.2) is 9.97 Å². The van der Waals surface area contributed by atoms with Crippen LogP contribution in [0.3, 0.4) is 0 Å². The molecule has 0 bridgehead atoms. The topological polar surface area (TPSA) is 64.5 Å². The normalized spacial score (nSPS) is 15.0. The molecule has 0 radical (unpaired) electrons. The van der Waals surface area contributed by atoms with Gasteiger partial charge in [-0.05, 0) is 18.6 Å². The first-order valence-electron chi connectivity index (χ1n) is 8.50. The van der Waals surface area contributed by atoms with Crippen molar-refractivity contribution in [2.45, 2.75) is 32.3 Å². The number of carbonyl (C=O) groups is 1. The van der Waals surface area contributed by atoms with Crippen molar-refractivity contribution >= 4 is 5.91 Å². The average molecular weight is 341 g/mol. The van der Waals surface area contributed by atoms with E-state index in [4.69, 9.17) is 9.47 Å². The number of nitrogens with zero attached hydrogens (tertiary/aromatic N) is 3. The number of carbonyl (C=O) groups excluding carboxylic acids is 1. The third-order valence-corrected chi connectivity index (χ3v) is 4.36. The number of aryl methyl sites for hydroxylation is 1. The summed E-state index contributed by atoms with van der Waals surface area (Å²) in [6.45, 7) is 3.31. The van der Waals surface area contributed by atoms with Crippen molar-refractivity contribution in [3.8, 4) is 11.8 Å². The van der Waals surface area contributed by atoms with Crippen molar-refractivity contribution in [1.29, 1.82) is 0 Å². The minimum absolute atomic E-state index is 0.0537. The Morgan fingerprint density at radius 3 is 2.56 bits per heavy atom. The largest absolute Gasteiger partial charge is 0.496 e. The molecule has 6 nitrogen and oxygen atoms in total. The lowest BCUT2D eigenvalue weighted by atomic mass is 10.1. The predicted molar refractivity (Wildman–Crippen MR) is 93.7 cm³/mol. The molecule has 0 unspecified atom stereocenters. The van der Waals surface area contributed by atoms with Gasteiger partial charge < -0.3 is 14.4 Å². The molecule has 1 aliphatic heterocycles. The molecule has 25 heavy (non-hydrogen) atoms. The van der Waals surface area contributed by atoms with E-state index in [1.54, 1.807) is 19.5 Å². The first-order chi connectivity index (χ1) is 12.2. The van der Waals surface area contributed by atoms with Crippen LogP contribution in [0.15, 0.2) is 36.7 Å². The molecule has 2 aromatic rings. The van der Waals surface area contributed by atoms with Crippen LogP contribution in [0.4, 0.5) is 0 Å². The lowest BCUT2D eigenvalue weighted by molar-refractivity contribution is -0.132. The van der Waals surface area contributed by atoms with E-state index < -0.39 is 0 Å². The minimum atomic E-state index is 0.0537. The molecule has 0 N–H and O–H groups in total. The molecule has 3 rings (SSSR count). The van der Waals surface area contributed by atoms with E-state index in [9.17, 15) is 4.79 Å². The Balaban J connectivity index is 1.51. The van der Waals surface area contributed by atoms with Gasteiger partial charge in [-0.3, -0.25) is 4.79 Å². The van der Waals surface area contributed by atoms with Crippen LogP contribution in [-0.2, 0) is 11.2 Å². The van der Waals surface area contributed by atoms with Gasteiger partial charge in [-0.1, -0.05) is 18.2 Å². The summed E-state index contributed by atoms with van der Waals surface area (Å²) >= 11 is 0. The van der Waals surface area contributed by atoms with Crippen LogP contribution in [0, 0.1) is 6.92 Å². The number of aromatic nitrogens is 2. The van der Waals surface area contributed by atoms with Gasteiger partial charge in [-0.15, -0.1) is 0 Å². The summed E-state index contributed by atoms with van der Waals surface area (Å²) < 4.78 is 11.1. The maximum atomic E-state index is 12.5. The van der Waals surface area contributed by atoms with Crippen LogP contribution < -0.4 is 9.47 Å². The molecule has 0 saturated carbocycles. The van der Waals surface area contributed by atoms with Crippen molar-refractivity contribution in [3.63, 3.8) is 0 Å². The molecule has 2 heterocycles. The second-order valence-corrected chi connectivity index (χ2v) is 6.23. The van der Waals surface area contributed by atoms with Crippen LogP contribution >= 0.6 is 0 Å². The van der Waals surface area contributed by atoms with Crippen molar-refractivity contribution in [3.05, 3.63) is 47.8 Å². The average Bonchev–Trinajstić information content (AvgIpc) is 2.64. The minimum Gasteiger partial charge on any atom is -0.496 e. The van der Waals surface area contributed by atoms with Gasteiger partial charge in [0.1, 0.15) is 11.9 Å². The third kappa shape index (κ3) is 4.47. The Hall–Kier alpha value is -2.63. The van der Waals surface area contributed by atoms with Crippen molar-refractivity contribution in [2.24, 2.45) is 0 Å². The number of rotatable bonds is 5. The molecule has 1 aliphatic rings. The smallest absolute Gasteiger partial charge is 0.316 e. The summed E-state index contributed by atoms with van der Waals surface area (Å²) in [7, 11) is 1.62. The van der Waals surface area contributed by atoms with E-state index >= 15 is 0 Å². The maximum Gasteiger partial charge on any atom is 0.316 e. The molecule has 6 heteroatoms. The SMILES string of the molecule is COc1ccccc1CC(=O)N1CCC(Oc2ncc(C)cn2)CC1. The summed E-state index contributed by atoms with van der Waals surface area (Å²) in [6, 6.07) is 8.05. The Kier molecular flexibility index (Phi) is 5.48. The molecular formula is C19H23N3O3. The summed E-state index contributed by atoms with van der Waals surface area (Å²) in [5.74, 6) is 0.875. The van der Waals surface area contributed by atoms with Gasteiger partial charge in [0.2, 0.25) is 5.91 Å². The van der Waals surface area contributed by atoms with Crippen LogP contribution in [0.5, 0.6) is 11.8 Å². The first-order valence-corrected chi connectivity index (χ1v) is 8.50. The lowest BCUT2D eigenvalue weighted by Gasteiger charge is -2.31. The Labute approximate surface area is 147 Å². The van der Waals surface area contributed by atoms with Crippen molar-refractivity contribution in [1.82, 2.24) is 14.9 Å². The van der Waals surface area contributed by atoms with E-state index in [1.165, 1.54) is 0 Å². The highest BCUT2D eigenvalue weighted by molar-refractivity contribution is 5.79. The fourth-order valence-electron chi connectivity index (χ4n) is 2.94. The Morgan fingerprint density at radius 1 is 1.20 bits per heavy atom. The summed E-state index contributed by atoms with van der Waals surface area (Å²) in [5, 5.41) is 0. The molecule has 1 saturated heterocycles. The van der Waals surface area contributed by atoms with Gasteiger partial charge in [0, 0.05) is 43.9 Å². The fourth-order valence-corrected chi connectivity index (χ4v) is 2.94. The number of methoxy groups -OCH3 is 1. The van der Waals surface area contributed by atoms with Gasteiger partial charge in [0.25, 0.3) is 0 Å². The van der Waals surface area contributed by atoms with Crippen LogP contribution in [0.25, 0.3) is 0 Å². The predicted octanol–water partition coefficient (Wildman–Crippen LogP) is 2.41. The fraction of sp³-hybridized carbons (Fsp3) is 0.421. The van der Waals surface area contributed by atoms with Gasteiger partial charge in [0.15, 0.2) is 0 Å². The molecule has 1 aromatic heterocycles. The van der Waals surface area contributed by atoms with Gasteiger partial charge in [0.05, 0.1) is 13.5 Å². The Bertz CT molecular complexity index is 710. The molecule has 1 amide bonds. The summed E-state index contributed by atoms with van der Waals surface area (Å²) in [5.41, 5.74) is 1.92. The first kappa shape index (κ1) is 17.2. The second kappa shape index (κ2) is 7.96. The zero-order chi connectivity index (χ0) is 17.6. The van der Waals surface area contributed by atoms with Crippen molar-refractivity contribution in [2.75, 3.05) is 20.2 Å². The number of hydrogen-bond acceptors (Lipinski definition) is 5. The molecule has 0 spiro atoms. The standard InChI is InChI=1S/C19H23N3O3/c1-14-12-20-19(21-13-14)25-16-7-9-22(10-8-16)18(23)11-15-5-3-4-6-17(15)24-2/h3-6,12-13,16H,7-11H2,1-2H3. The second-order valence-electron chi connectivity index (χ2n) is 6.23.